The van der Waals surface area contributed by atoms with Crippen LogP contribution in [-0.4, -0.2) is 38.7 Å². The molecular formula is C19H30N4O. The van der Waals surface area contributed by atoms with Gasteiger partial charge in [0.05, 0.1) is 22.2 Å². The zero-order valence-corrected chi connectivity index (χ0v) is 16.4. The predicted octanol–water partition coefficient (Wildman–Crippen LogP) is 4.10. The van der Waals surface area contributed by atoms with Gasteiger partial charge in [0, 0.05) is 18.8 Å². The molecule has 0 N–H and O–H groups in total. The van der Waals surface area contributed by atoms with E-state index in [1.54, 1.807) is 4.90 Å². The van der Waals surface area contributed by atoms with E-state index >= 15 is 0 Å². The van der Waals surface area contributed by atoms with Crippen molar-refractivity contribution in [3.8, 4) is 0 Å². The Bertz CT molecular complexity index is 766. The standard InChI is InChI=1S/C19H30N4O/c1-11(2)15-10-14(18(24)22(9)12(3)4)16-13(5)21-23(17(16)20-15)19(6,7)8/h10-12H,1-9H3. The Hall–Kier alpha value is -1.91. The van der Waals surface area contributed by atoms with Crippen LogP contribution in [0.1, 0.15) is 76.1 Å². The van der Waals surface area contributed by atoms with E-state index < -0.39 is 0 Å². The Kier molecular flexibility index (Phi) is 4.75. The summed E-state index contributed by atoms with van der Waals surface area (Å²) in [6.45, 7) is 16.5. The lowest BCUT2D eigenvalue weighted by atomic mass is 10.0. The molecule has 0 spiro atoms. The minimum absolute atomic E-state index is 0.0239. The number of hydrogen-bond acceptors (Lipinski definition) is 3. The van der Waals surface area contributed by atoms with Crippen LogP contribution in [-0.2, 0) is 5.54 Å². The third-order valence-corrected chi connectivity index (χ3v) is 4.38. The summed E-state index contributed by atoms with van der Waals surface area (Å²) in [5, 5.41) is 5.56. The van der Waals surface area contributed by atoms with Gasteiger partial charge in [-0.15, -0.1) is 0 Å². The van der Waals surface area contributed by atoms with Gasteiger partial charge in [-0.05, 0) is 53.5 Å². The predicted molar refractivity (Wildman–Crippen MR) is 98.6 cm³/mol. The second-order valence-corrected chi connectivity index (χ2v) is 8.13. The molecule has 0 fully saturated rings. The normalized spacial score (nSPS) is 12.5. The molecule has 0 radical (unpaired) electrons. The Morgan fingerprint density at radius 2 is 1.79 bits per heavy atom. The van der Waals surface area contributed by atoms with Crippen molar-refractivity contribution in [2.75, 3.05) is 7.05 Å². The summed E-state index contributed by atoms with van der Waals surface area (Å²) in [5.74, 6) is 0.268. The van der Waals surface area contributed by atoms with Crippen molar-refractivity contribution in [2.24, 2.45) is 0 Å². The molecule has 0 aliphatic carbocycles. The van der Waals surface area contributed by atoms with Crippen molar-refractivity contribution in [3.05, 3.63) is 23.0 Å². The fourth-order valence-electron chi connectivity index (χ4n) is 2.66. The largest absolute Gasteiger partial charge is 0.339 e. The Morgan fingerprint density at radius 3 is 2.25 bits per heavy atom. The molecule has 0 aromatic carbocycles. The smallest absolute Gasteiger partial charge is 0.254 e. The average molecular weight is 330 g/mol. The molecule has 0 saturated heterocycles. The van der Waals surface area contributed by atoms with Crippen LogP contribution in [0.3, 0.4) is 0 Å². The first kappa shape index (κ1) is 18.4. The van der Waals surface area contributed by atoms with Crippen LogP contribution in [0.5, 0.6) is 0 Å². The molecule has 24 heavy (non-hydrogen) atoms. The molecular weight excluding hydrogens is 300 g/mol. The molecule has 2 heterocycles. The van der Waals surface area contributed by atoms with Gasteiger partial charge in [0.2, 0.25) is 0 Å². The molecule has 0 unspecified atom stereocenters. The van der Waals surface area contributed by atoms with Gasteiger partial charge in [-0.1, -0.05) is 13.8 Å². The van der Waals surface area contributed by atoms with Crippen LogP contribution in [0.15, 0.2) is 6.07 Å². The first-order chi connectivity index (χ1) is 10.9. The molecule has 0 bridgehead atoms. The van der Waals surface area contributed by atoms with E-state index in [1.165, 1.54) is 0 Å². The maximum absolute atomic E-state index is 13.0. The summed E-state index contributed by atoms with van der Waals surface area (Å²) in [6, 6.07) is 2.08. The van der Waals surface area contributed by atoms with Crippen molar-refractivity contribution in [1.82, 2.24) is 19.7 Å². The van der Waals surface area contributed by atoms with Gasteiger partial charge >= 0.3 is 0 Å². The zero-order valence-electron chi connectivity index (χ0n) is 16.4. The lowest BCUT2D eigenvalue weighted by Gasteiger charge is -2.23. The summed E-state index contributed by atoms with van der Waals surface area (Å²) in [7, 11) is 1.85. The van der Waals surface area contributed by atoms with Crippen molar-refractivity contribution in [2.45, 2.75) is 72.9 Å². The fourth-order valence-corrected chi connectivity index (χ4v) is 2.66. The van der Waals surface area contributed by atoms with Crippen molar-refractivity contribution in [3.63, 3.8) is 0 Å². The first-order valence-corrected chi connectivity index (χ1v) is 8.63. The van der Waals surface area contributed by atoms with Gasteiger partial charge in [-0.3, -0.25) is 4.79 Å². The molecule has 5 nitrogen and oxygen atoms in total. The number of aromatic nitrogens is 3. The molecule has 5 heteroatoms. The lowest BCUT2D eigenvalue weighted by Crippen LogP contribution is -2.33. The zero-order chi connectivity index (χ0) is 18.4. The van der Waals surface area contributed by atoms with Crippen LogP contribution in [0, 0.1) is 6.92 Å². The minimum atomic E-state index is -0.195. The van der Waals surface area contributed by atoms with Crippen molar-refractivity contribution < 1.29 is 4.79 Å². The van der Waals surface area contributed by atoms with E-state index in [0.717, 1.165) is 22.4 Å². The highest BCUT2D eigenvalue weighted by molar-refractivity contribution is 6.06. The third kappa shape index (κ3) is 3.17. The molecule has 2 aromatic rings. The quantitative estimate of drug-likeness (QED) is 0.851. The van der Waals surface area contributed by atoms with E-state index in [-0.39, 0.29) is 23.4 Å². The highest BCUT2D eigenvalue weighted by atomic mass is 16.2. The number of pyridine rings is 1. The van der Waals surface area contributed by atoms with E-state index in [2.05, 4.69) is 34.6 Å². The van der Waals surface area contributed by atoms with E-state index in [4.69, 9.17) is 10.1 Å². The van der Waals surface area contributed by atoms with Crippen molar-refractivity contribution >= 4 is 16.9 Å². The highest BCUT2D eigenvalue weighted by Gasteiger charge is 2.26. The highest BCUT2D eigenvalue weighted by Crippen LogP contribution is 2.29. The number of carbonyl (C=O) groups is 1. The molecule has 0 saturated carbocycles. The van der Waals surface area contributed by atoms with Gasteiger partial charge in [0.1, 0.15) is 0 Å². The molecule has 0 atom stereocenters. The van der Waals surface area contributed by atoms with Gasteiger partial charge in [0.15, 0.2) is 5.65 Å². The van der Waals surface area contributed by atoms with Gasteiger partial charge in [-0.25, -0.2) is 9.67 Å². The molecule has 2 aromatic heterocycles. The molecule has 2 rings (SSSR count). The number of fused-ring (bicyclic) bond motifs is 1. The maximum Gasteiger partial charge on any atom is 0.254 e. The summed E-state index contributed by atoms with van der Waals surface area (Å²) in [6.07, 6.45) is 0. The second kappa shape index (κ2) is 6.19. The number of rotatable bonds is 3. The number of amides is 1. The van der Waals surface area contributed by atoms with Crippen LogP contribution in [0.2, 0.25) is 0 Å². The molecule has 0 aliphatic rings. The third-order valence-electron chi connectivity index (χ3n) is 4.38. The maximum atomic E-state index is 13.0. The summed E-state index contributed by atoms with van der Waals surface area (Å²) in [5.41, 5.74) is 3.08. The molecule has 0 aliphatic heterocycles. The summed E-state index contributed by atoms with van der Waals surface area (Å²) in [4.78, 5) is 19.7. The number of carbonyl (C=O) groups excluding carboxylic acids is 1. The Morgan fingerprint density at radius 1 is 1.21 bits per heavy atom. The van der Waals surface area contributed by atoms with Crippen LogP contribution in [0.4, 0.5) is 0 Å². The summed E-state index contributed by atoms with van der Waals surface area (Å²) >= 11 is 0. The SMILES string of the molecule is Cc1nn(C(C)(C)C)c2nc(C(C)C)cc(C(=O)N(C)C(C)C)c12. The van der Waals surface area contributed by atoms with E-state index in [0.29, 0.717) is 5.56 Å². The number of nitrogens with zero attached hydrogens (tertiary/aromatic N) is 4. The number of aryl methyl sites for hydroxylation is 1. The average Bonchev–Trinajstić information content (AvgIpc) is 2.82. The number of hydrogen-bond donors (Lipinski definition) is 0. The van der Waals surface area contributed by atoms with E-state index in [1.807, 2.05) is 38.6 Å². The van der Waals surface area contributed by atoms with Crippen LogP contribution >= 0.6 is 0 Å². The van der Waals surface area contributed by atoms with Crippen LogP contribution < -0.4 is 0 Å². The minimum Gasteiger partial charge on any atom is -0.339 e. The Labute approximate surface area is 145 Å². The van der Waals surface area contributed by atoms with Gasteiger partial charge in [-0.2, -0.15) is 5.10 Å². The Balaban J connectivity index is 2.84. The lowest BCUT2D eigenvalue weighted by molar-refractivity contribution is 0.0756. The second-order valence-electron chi connectivity index (χ2n) is 8.13. The van der Waals surface area contributed by atoms with Crippen molar-refractivity contribution in [1.29, 1.82) is 0 Å². The first-order valence-electron chi connectivity index (χ1n) is 8.63. The monoisotopic (exact) mass is 330 g/mol. The van der Waals surface area contributed by atoms with E-state index in [9.17, 15) is 4.79 Å². The van der Waals surface area contributed by atoms with Gasteiger partial charge < -0.3 is 4.90 Å². The fraction of sp³-hybridized carbons (Fsp3) is 0.632. The topological polar surface area (TPSA) is 51.0 Å². The molecule has 132 valence electrons. The van der Waals surface area contributed by atoms with Crippen LogP contribution in [0.25, 0.3) is 11.0 Å². The van der Waals surface area contributed by atoms with Gasteiger partial charge in [0.25, 0.3) is 5.91 Å². The molecule has 1 amide bonds. The summed E-state index contributed by atoms with van der Waals surface area (Å²) < 4.78 is 1.94.